The molecule has 0 aliphatic carbocycles. The summed E-state index contributed by atoms with van der Waals surface area (Å²) in [5.74, 6) is -1.55. The first kappa shape index (κ1) is 23.9. The van der Waals surface area contributed by atoms with E-state index < -0.39 is 31.9 Å². The molecule has 1 fully saturated rings. The van der Waals surface area contributed by atoms with Crippen molar-refractivity contribution >= 4 is 31.9 Å². The number of sulfonamides is 2. The van der Waals surface area contributed by atoms with Gasteiger partial charge in [-0.2, -0.15) is 4.31 Å². The van der Waals surface area contributed by atoms with Crippen molar-refractivity contribution in [1.82, 2.24) is 14.6 Å². The third-order valence-corrected chi connectivity index (χ3v) is 8.28. The number of rotatable bonds is 7. The highest BCUT2D eigenvalue weighted by molar-refractivity contribution is 7.89. The van der Waals surface area contributed by atoms with E-state index in [1.54, 1.807) is 0 Å². The summed E-state index contributed by atoms with van der Waals surface area (Å²) in [7, 11) is -6.78. The maximum absolute atomic E-state index is 12.7. The molecule has 0 atom stereocenters. The second-order valence-electron chi connectivity index (χ2n) is 7.17. The second-order valence-corrected chi connectivity index (χ2v) is 10.8. The Bertz CT molecular complexity index is 1250. The Morgan fingerprint density at radius 3 is 2.31 bits per heavy atom. The van der Waals surface area contributed by atoms with Crippen LogP contribution in [0.5, 0.6) is 0 Å². The first-order valence-electron chi connectivity index (χ1n) is 9.67. The number of amides is 1. The predicted molar refractivity (Wildman–Crippen MR) is 115 cm³/mol. The van der Waals surface area contributed by atoms with Crippen LogP contribution in [0, 0.1) is 6.92 Å². The van der Waals surface area contributed by atoms with E-state index >= 15 is 0 Å². The van der Waals surface area contributed by atoms with Crippen molar-refractivity contribution in [2.24, 2.45) is 0 Å². The fourth-order valence-electron chi connectivity index (χ4n) is 3.25. The van der Waals surface area contributed by atoms with Crippen LogP contribution in [-0.2, 0) is 24.8 Å². The molecule has 10 nitrogen and oxygen atoms in total. The molecule has 12 heteroatoms. The first-order valence-corrected chi connectivity index (χ1v) is 12.6. The average Bonchev–Trinajstić information content (AvgIpc) is 3.33. The molecule has 1 aliphatic heterocycles. The number of esters is 1. The van der Waals surface area contributed by atoms with Gasteiger partial charge in [0.15, 0.2) is 0 Å². The van der Waals surface area contributed by atoms with Crippen LogP contribution < -0.4 is 10.3 Å². The van der Waals surface area contributed by atoms with Gasteiger partial charge in [0.05, 0.1) is 22.5 Å². The van der Waals surface area contributed by atoms with Gasteiger partial charge in [-0.05, 0) is 55.7 Å². The molecule has 3 rings (SSSR count). The summed E-state index contributed by atoms with van der Waals surface area (Å²) in [4.78, 5) is 25.9. The maximum Gasteiger partial charge on any atom is 0.337 e. The van der Waals surface area contributed by atoms with E-state index in [9.17, 15) is 26.4 Å². The number of ether oxygens (including phenoxy) is 1. The van der Waals surface area contributed by atoms with Gasteiger partial charge in [-0.3, -0.25) is 10.2 Å². The standard InChI is InChI=1S/C20H23N3O7S2/c1-14-8-9-16(20(25)30-2)13-18(14)31(26,27)22-21-19(24)15-6-5-7-17(12-15)32(28,29)23-10-3-4-11-23/h5-9,12-13,22H,3-4,10-11H2,1-2H3,(H,21,24). The Labute approximate surface area is 186 Å². The number of benzene rings is 2. The van der Waals surface area contributed by atoms with Crippen molar-refractivity contribution in [3.63, 3.8) is 0 Å². The summed E-state index contributed by atoms with van der Waals surface area (Å²) < 4.78 is 56.7. The smallest absolute Gasteiger partial charge is 0.337 e. The van der Waals surface area contributed by atoms with Gasteiger partial charge in [-0.1, -0.05) is 12.1 Å². The fraction of sp³-hybridized carbons (Fsp3) is 0.300. The van der Waals surface area contributed by atoms with Crippen molar-refractivity contribution in [3.8, 4) is 0 Å². The lowest BCUT2D eigenvalue weighted by Crippen LogP contribution is -2.41. The van der Waals surface area contributed by atoms with Gasteiger partial charge >= 0.3 is 5.97 Å². The highest BCUT2D eigenvalue weighted by atomic mass is 32.2. The van der Waals surface area contributed by atoms with E-state index in [-0.39, 0.29) is 20.9 Å². The van der Waals surface area contributed by atoms with Crippen LogP contribution in [-0.4, -0.2) is 53.2 Å². The monoisotopic (exact) mass is 481 g/mol. The third kappa shape index (κ3) is 4.99. The number of carbonyl (C=O) groups excluding carboxylic acids is 2. The average molecular weight is 482 g/mol. The quantitative estimate of drug-likeness (QED) is 0.447. The van der Waals surface area contributed by atoms with Gasteiger partial charge < -0.3 is 4.74 Å². The molecule has 0 radical (unpaired) electrons. The molecular formula is C20H23N3O7S2. The van der Waals surface area contributed by atoms with Crippen LogP contribution in [0.4, 0.5) is 0 Å². The van der Waals surface area contributed by atoms with Gasteiger partial charge in [0.2, 0.25) is 10.0 Å². The van der Waals surface area contributed by atoms with Crippen molar-refractivity contribution < 1.29 is 31.2 Å². The van der Waals surface area contributed by atoms with Crippen LogP contribution >= 0.6 is 0 Å². The summed E-state index contributed by atoms with van der Waals surface area (Å²) >= 11 is 0. The summed E-state index contributed by atoms with van der Waals surface area (Å²) in [6.07, 6.45) is 1.55. The predicted octanol–water partition coefficient (Wildman–Crippen LogP) is 1.19. The molecule has 32 heavy (non-hydrogen) atoms. The minimum absolute atomic E-state index is 0.0321. The van der Waals surface area contributed by atoms with E-state index in [4.69, 9.17) is 0 Å². The van der Waals surface area contributed by atoms with Crippen LogP contribution in [0.2, 0.25) is 0 Å². The van der Waals surface area contributed by atoms with Crippen molar-refractivity contribution in [3.05, 3.63) is 59.2 Å². The zero-order valence-electron chi connectivity index (χ0n) is 17.5. The first-order chi connectivity index (χ1) is 15.1. The molecule has 2 aromatic rings. The summed E-state index contributed by atoms with van der Waals surface area (Å²) in [6.45, 7) is 2.37. The molecule has 1 aliphatic rings. The summed E-state index contributed by atoms with van der Waals surface area (Å²) in [5.41, 5.74) is 2.42. The molecule has 0 spiro atoms. The highest BCUT2D eigenvalue weighted by Gasteiger charge is 2.28. The molecule has 0 aromatic heterocycles. The van der Waals surface area contributed by atoms with E-state index in [0.29, 0.717) is 18.7 Å². The lowest BCUT2D eigenvalue weighted by atomic mass is 10.1. The topological polar surface area (TPSA) is 139 Å². The van der Waals surface area contributed by atoms with Gasteiger partial charge in [0.1, 0.15) is 0 Å². The van der Waals surface area contributed by atoms with Crippen LogP contribution in [0.3, 0.4) is 0 Å². The molecule has 0 bridgehead atoms. The van der Waals surface area contributed by atoms with Gasteiger partial charge in [0, 0.05) is 18.7 Å². The van der Waals surface area contributed by atoms with Crippen LogP contribution in [0.25, 0.3) is 0 Å². The minimum atomic E-state index is -4.23. The zero-order valence-corrected chi connectivity index (χ0v) is 19.1. The normalized spacial score (nSPS) is 14.8. The van der Waals surface area contributed by atoms with Crippen LogP contribution in [0.1, 0.15) is 39.1 Å². The Kier molecular flexibility index (Phi) is 6.98. The van der Waals surface area contributed by atoms with Crippen molar-refractivity contribution in [2.75, 3.05) is 20.2 Å². The van der Waals surface area contributed by atoms with Crippen molar-refractivity contribution in [2.45, 2.75) is 29.6 Å². The highest BCUT2D eigenvalue weighted by Crippen LogP contribution is 2.22. The number of nitrogens with zero attached hydrogens (tertiary/aromatic N) is 1. The number of hydrogen-bond acceptors (Lipinski definition) is 7. The van der Waals surface area contributed by atoms with Crippen molar-refractivity contribution in [1.29, 1.82) is 0 Å². The number of carbonyl (C=O) groups is 2. The molecule has 2 aromatic carbocycles. The number of aryl methyl sites for hydroxylation is 1. The summed E-state index contributed by atoms with van der Waals surface area (Å²) in [6, 6.07) is 9.36. The zero-order chi connectivity index (χ0) is 23.5. The largest absolute Gasteiger partial charge is 0.465 e. The van der Waals surface area contributed by atoms with Gasteiger partial charge in [-0.15, -0.1) is 4.83 Å². The lowest BCUT2D eigenvalue weighted by Gasteiger charge is -2.16. The Morgan fingerprint density at radius 1 is 0.969 bits per heavy atom. The molecule has 1 heterocycles. The van der Waals surface area contributed by atoms with E-state index in [0.717, 1.165) is 18.9 Å². The Morgan fingerprint density at radius 2 is 1.66 bits per heavy atom. The van der Waals surface area contributed by atoms with Crippen LogP contribution in [0.15, 0.2) is 52.3 Å². The molecule has 1 saturated heterocycles. The number of nitrogens with one attached hydrogen (secondary N) is 2. The van der Waals surface area contributed by atoms with E-state index in [1.165, 1.54) is 54.7 Å². The van der Waals surface area contributed by atoms with E-state index in [2.05, 4.69) is 10.2 Å². The number of hydrogen-bond donors (Lipinski definition) is 2. The maximum atomic E-state index is 12.7. The fourth-order valence-corrected chi connectivity index (χ4v) is 5.92. The number of hydrazine groups is 1. The Hall–Kier alpha value is -2.80. The SMILES string of the molecule is COC(=O)c1ccc(C)c(S(=O)(=O)NNC(=O)c2cccc(S(=O)(=O)N3CCCC3)c2)c1. The van der Waals surface area contributed by atoms with E-state index in [1.807, 2.05) is 4.83 Å². The molecule has 0 saturated carbocycles. The molecular weight excluding hydrogens is 458 g/mol. The van der Waals surface area contributed by atoms with Gasteiger partial charge in [0.25, 0.3) is 15.9 Å². The molecule has 2 N–H and O–H groups in total. The third-order valence-electron chi connectivity index (χ3n) is 5.00. The lowest BCUT2D eigenvalue weighted by molar-refractivity contribution is 0.0600. The minimum Gasteiger partial charge on any atom is -0.465 e. The molecule has 0 unspecified atom stereocenters. The number of methoxy groups -OCH3 is 1. The molecule has 172 valence electrons. The van der Waals surface area contributed by atoms with Gasteiger partial charge in [-0.25, -0.2) is 21.6 Å². The molecule has 1 amide bonds. The summed E-state index contributed by atoms with van der Waals surface area (Å²) in [5, 5.41) is 0. The second kappa shape index (κ2) is 9.36. The Balaban J connectivity index is 1.78.